The van der Waals surface area contributed by atoms with Gasteiger partial charge in [0.25, 0.3) is 0 Å². The second-order valence-electron chi connectivity index (χ2n) is 5.74. The maximum Gasteiger partial charge on any atom is 0.246 e. The third kappa shape index (κ3) is 3.91. The number of fused-ring (bicyclic) bond motifs is 1. The molecule has 0 aliphatic carbocycles. The van der Waals surface area contributed by atoms with Crippen LogP contribution in [-0.2, 0) is 4.79 Å². The van der Waals surface area contributed by atoms with Crippen LogP contribution in [0.25, 0.3) is 6.08 Å². The molecule has 0 saturated carbocycles. The largest absolute Gasteiger partial charge is 0.454 e. The van der Waals surface area contributed by atoms with Crippen molar-refractivity contribution in [3.63, 3.8) is 0 Å². The van der Waals surface area contributed by atoms with E-state index in [1.54, 1.807) is 30.2 Å². The van der Waals surface area contributed by atoms with Crippen LogP contribution >= 0.6 is 23.2 Å². The molecule has 1 aliphatic heterocycles. The summed E-state index contributed by atoms with van der Waals surface area (Å²) in [5.41, 5.74) is 1.71. The molecule has 2 aromatic rings. The number of carbonyl (C=O) groups excluding carboxylic acids is 1. The molecule has 1 heterocycles. The van der Waals surface area contributed by atoms with Gasteiger partial charge in [0, 0.05) is 23.2 Å². The number of ether oxygens (including phenoxy) is 2. The molecule has 0 N–H and O–H groups in total. The summed E-state index contributed by atoms with van der Waals surface area (Å²) in [6.45, 7) is 2.14. The van der Waals surface area contributed by atoms with Gasteiger partial charge in [0.2, 0.25) is 12.7 Å². The zero-order valence-corrected chi connectivity index (χ0v) is 15.3. The zero-order valence-electron chi connectivity index (χ0n) is 13.8. The Labute approximate surface area is 156 Å². The van der Waals surface area contributed by atoms with Crippen molar-refractivity contribution in [3.8, 4) is 11.5 Å². The highest BCUT2D eigenvalue weighted by Crippen LogP contribution is 2.33. The lowest BCUT2D eigenvalue weighted by molar-refractivity contribution is -0.126. The first kappa shape index (κ1) is 17.6. The number of nitrogens with zero attached hydrogens (tertiary/aromatic N) is 1. The van der Waals surface area contributed by atoms with Gasteiger partial charge in [0.05, 0.1) is 6.04 Å². The molecule has 0 radical (unpaired) electrons. The smallest absolute Gasteiger partial charge is 0.246 e. The van der Waals surface area contributed by atoms with Crippen molar-refractivity contribution < 1.29 is 14.3 Å². The van der Waals surface area contributed by atoms with Crippen molar-refractivity contribution in [2.24, 2.45) is 0 Å². The van der Waals surface area contributed by atoms with Gasteiger partial charge in [-0.2, -0.15) is 0 Å². The molecule has 1 atom stereocenters. The van der Waals surface area contributed by atoms with Gasteiger partial charge in [0.15, 0.2) is 11.5 Å². The first-order chi connectivity index (χ1) is 12.0. The first-order valence-electron chi connectivity index (χ1n) is 7.75. The number of hydrogen-bond acceptors (Lipinski definition) is 3. The number of hydrogen-bond donors (Lipinski definition) is 0. The van der Waals surface area contributed by atoms with Gasteiger partial charge in [-0.05, 0) is 48.4 Å². The van der Waals surface area contributed by atoms with E-state index >= 15 is 0 Å². The molecule has 0 saturated heterocycles. The quantitative estimate of drug-likeness (QED) is 0.707. The van der Waals surface area contributed by atoms with Crippen LogP contribution in [0, 0.1) is 0 Å². The number of rotatable bonds is 4. The van der Waals surface area contributed by atoms with Crippen LogP contribution in [0.2, 0.25) is 10.0 Å². The fraction of sp³-hybridized carbons (Fsp3) is 0.211. The molecule has 0 aromatic heterocycles. The van der Waals surface area contributed by atoms with Crippen molar-refractivity contribution in [1.82, 2.24) is 4.90 Å². The second kappa shape index (κ2) is 7.38. The molecule has 0 bridgehead atoms. The number of carbonyl (C=O) groups is 1. The number of benzene rings is 2. The Morgan fingerprint density at radius 3 is 2.68 bits per heavy atom. The summed E-state index contributed by atoms with van der Waals surface area (Å²) in [6.07, 6.45) is 3.27. The molecule has 2 aromatic carbocycles. The van der Waals surface area contributed by atoms with Crippen molar-refractivity contribution >= 4 is 35.2 Å². The van der Waals surface area contributed by atoms with E-state index in [0.717, 1.165) is 11.1 Å². The standard InChI is InChI=1S/C19H17Cl2NO3/c1-12(15-6-5-14(20)10-16(15)21)22(2)19(23)8-4-13-3-7-17-18(9-13)25-11-24-17/h3-10,12H,11H2,1-2H3/b8-4+. The molecule has 0 spiro atoms. The maximum absolute atomic E-state index is 12.5. The minimum absolute atomic E-state index is 0.129. The van der Waals surface area contributed by atoms with Crippen molar-refractivity contribution in [2.75, 3.05) is 13.8 Å². The Balaban J connectivity index is 1.71. The average Bonchev–Trinajstić information content (AvgIpc) is 3.06. The summed E-state index contributed by atoms with van der Waals surface area (Å²) < 4.78 is 10.6. The molecule has 1 amide bonds. The van der Waals surface area contributed by atoms with Gasteiger partial charge < -0.3 is 14.4 Å². The van der Waals surface area contributed by atoms with Crippen molar-refractivity contribution in [2.45, 2.75) is 13.0 Å². The van der Waals surface area contributed by atoms with Crippen LogP contribution in [0.5, 0.6) is 11.5 Å². The lowest BCUT2D eigenvalue weighted by atomic mass is 10.1. The Morgan fingerprint density at radius 1 is 1.16 bits per heavy atom. The maximum atomic E-state index is 12.5. The van der Waals surface area contributed by atoms with Crippen LogP contribution in [-0.4, -0.2) is 24.6 Å². The van der Waals surface area contributed by atoms with E-state index in [1.807, 2.05) is 31.2 Å². The van der Waals surface area contributed by atoms with E-state index in [9.17, 15) is 4.79 Å². The van der Waals surface area contributed by atoms with Crippen LogP contribution < -0.4 is 9.47 Å². The van der Waals surface area contributed by atoms with E-state index in [4.69, 9.17) is 32.7 Å². The molecule has 3 rings (SSSR count). The fourth-order valence-corrected chi connectivity index (χ4v) is 3.11. The number of likely N-dealkylation sites (N-methyl/N-ethyl adjacent to an activating group) is 1. The van der Waals surface area contributed by atoms with E-state index in [0.29, 0.717) is 21.5 Å². The normalized spacial score (nSPS) is 13.9. The summed E-state index contributed by atoms with van der Waals surface area (Å²) in [6, 6.07) is 10.6. The van der Waals surface area contributed by atoms with E-state index in [2.05, 4.69) is 0 Å². The van der Waals surface area contributed by atoms with E-state index in [-0.39, 0.29) is 18.7 Å². The van der Waals surface area contributed by atoms with Gasteiger partial charge >= 0.3 is 0 Å². The predicted molar refractivity (Wildman–Crippen MR) is 99.2 cm³/mol. The molecule has 4 nitrogen and oxygen atoms in total. The Hall–Kier alpha value is -2.17. The molecule has 1 aliphatic rings. The monoisotopic (exact) mass is 377 g/mol. The van der Waals surface area contributed by atoms with Gasteiger partial charge in [-0.3, -0.25) is 4.79 Å². The van der Waals surface area contributed by atoms with Crippen LogP contribution in [0.15, 0.2) is 42.5 Å². The number of amides is 1. The van der Waals surface area contributed by atoms with Gasteiger partial charge in [-0.1, -0.05) is 35.3 Å². The minimum atomic E-state index is -0.182. The van der Waals surface area contributed by atoms with E-state index < -0.39 is 0 Å². The Kier molecular flexibility index (Phi) is 5.21. The molecule has 6 heteroatoms. The summed E-state index contributed by atoms with van der Waals surface area (Å²) in [5.74, 6) is 1.27. The summed E-state index contributed by atoms with van der Waals surface area (Å²) >= 11 is 12.2. The zero-order chi connectivity index (χ0) is 18.0. The van der Waals surface area contributed by atoms with Gasteiger partial charge in [-0.15, -0.1) is 0 Å². The molecular weight excluding hydrogens is 361 g/mol. The van der Waals surface area contributed by atoms with Gasteiger partial charge in [0.1, 0.15) is 0 Å². The average molecular weight is 378 g/mol. The Morgan fingerprint density at radius 2 is 1.92 bits per heavy atom. The van der Waals surface area contributed by atoms with Crippen molar-refractivity contribution in [1.29, 1.82) is 0 Å². The predicted octanol–water partition coefficient (Wildman–Crippen LogP) is 4.95. The van der Waals surface area contributed by atoms with Crippen LogP contribution in [0.1, 0.15) is 24.1 Å². The lowest BCUT2D eigenvalue weighted by Gasteiger charge is -2.25. The first-order valence-corrected chi connectivity index (χ1v) is 8.51. The Bertz CT molecular complexity index is 835. The molecule has 25 heavy (non-hydrogen) atoms. The summed E-state index contributed by atoms with van der Waals surface area (Å²) in [4.78, 5) is 14.1. The van der Waals surface area contributed by atoms with Crippen LogP contribution in [0.3, 0.4) is 0 Å². The number of halogens is 2. The molecule has 1 unspecified atom stereocenters. The highest BCUT2D eigenvalue weighted by Gasteiger charge is 2.18. The topological polar surface area (TPSA) is 38.8 Å². The third-order valence-corrected chi connectivity index (χ3v) is 4.72. The summed E-state index contributed by atoms with van der Waals surface area (Å²) in [5, 5.41) is 1.11. The molecular formula is C19H17Cl2NO3. The molecule has 130 valence electrons. The minimum Gasteiger partial charge on any atom is -0.454 e. The SMILES string of the molecule is CC(c1ccc(Cl)cc1Cl)N(C)C(=O)/C=C/c1ccc2c(c1)OCO2. The van der Waals surface area contributed by atoms with Gasteiger partial charge in [-0.25, -0.2) is 0 Å². The fourth-order valence-electron chi connectivity index (χ4n) is 2.54. The third-order valence-electron chi connectivity index (χ3n) is 4.16. The summed E-state index contributed by atoms with van der Waals surface area (Å²) in [7, 11) is 1.74. The van der Waals surface area contributed by atoms with Crippen molar-refractivity contribution in [3.05, 3.63) is 63.6 Å². The molecule has 0 fully saturated rings. The highest BCUT2D eigenvalue weighted by atomic mass is 35.5. The second-order valence-corrected chi connectivity index (χ2v) is 6.58. The van der Waals surface area contributed by atoms with E-state index in [1.165, 1.54) is 6.08 Å². The highest BCUT2D eigenvalue weighted by molar-refractivity contribution is 6.35. The lowest BCUT2D eigenvalue weighted by Crippen LogP contribution is -2.28. The van der Waals surface area contributed by atoms with Crippen LogP contribution in [0.4, 0.5) is 0 Å².